The minimum atomic E-state index is -0.120. The van der Waals surface area contributed by atoms with Crippen LogP contribution in [0.1, 0.15) is 43.7 Å². The van der Waals surface area contributed by atoms with Gasteiger partial charge in [-0.15, -0.1) is 0 Å². The third-order valence-corrected chi connectivity index (χ3v) is 6.01. The summed E-state index contributed by atoms with van der Waals surface area (Å²) in [6, 6.07) is 9.51. The number of hydrogen-bond acceptors (Lipinski definition) is 4. The fraction of sp³-hybridized carbons (Fsp3) is 0.364. The Morgan fingerprint density at radius 2 is 1.97 bits per heavy atom. The van der Waals surface area contributed by atoms with E-state index in [0.717, 1.165) is 42.3 Å². The van der Waals surface area contributed by atoms with Crippen molar-refractivity contribution in [3.63, 3.8) is 0 Å². The van der Waals surface area contributed by atoms with E-state index in [2.05, 4.69) is 25.9 Å². The van der Waals surface area contributed by atoms with Crippen LogP contribution >= 0.6 is 15.9 Å². The van der Waals surface area contributed by atoms with Gasteiger partial charge in [0, 0.05) is 36.4 Å². The number of amides is 1. The Balaban J connectivity index is 1.53. The van der Waals surface area contributed by atoms with Crippen LogP contribution in [0.4, 0.5) is 0 Å². The molecule has 2 aromatic heterocycles. The maximum absolute atomic E-state index is 13.1. The number of carbonyl (C=O) groups is 1. The monoisotopic (exact) mass is 454 g/mol. The third kappa shape index (κ3) is 4.40. The fourth-order valence-electron chi connectivity index (χ4n) is 3.99. The summed E-state index contributed by atoms with van der Waals surface area (Å²) >= 11 is 3.40. The first-order chi connectivity index (χ1) is 14.1. The molecule has 1 aliphatic rings. The second-order valence-electron chi connectivity index (χ2n) is 7.39. The molecule has 0 aliphatic carbocycles. The standard InChI is InChI=1S/C22H23BrN4O2/c23-17-5-6-19-18(14-17)22(29)26(15-25-19)13-9-21(28)27-12-3-1-2-4-20(27)16-7-10-24-11-8-16/h5-8,10-11,14-15,20H,1-4,9,12-13H2. The van der Waals surface area contributed by atoms with E-state index < -0.39 is 0 Å². The average Bonchev–Trinajstić information content (AvgIpc) is 3.00. The first-order valence-corrected chi connectivity index (χ1v) is 10.8. The van der Waals surface area contributed by atoms with Gasteiger partial charge in [-0.05, 0) is 48.7 Å². The summed E-state index contributed by atoms with van der Waals surface area (Å²) in [7, 11) is 0. The van der Waals surface area contributed by atoms with Gasteiger partial charge < -0.3 is 4.90 Å². The molecule has 0 saturated carbocycles. The summed E-state index contributed by atoms with van der Waals surface area (Å²) in [5.74, 6) is 0.0787. The van der Waals surface area contributed by atoms with Gasteiger partial charge in [-0.3, -0.25) is 19.1 Å². The van der Waals surface area contributed by atoms with Gasteiger partial charge in [0.05, 0.1) is 23.3 Å². The predicted molar refractivity (Wildman–Crippen MR) is 115 cm³/mol. The zero-order valence-corrected chi connectivity index (χ0v) is 17.7. The van der Waals surface area contributed by atoms with E-state index in [1.807, 2.05) is 29.2 Å². The molecule has 3 aromatic rings. The van der Waals surface area contributed by atoms with Crippen molar-refractivity contribution < 1.29 is 4.79 Å². The Morgan fingerprint density at radius 3 is 2.79 bits per heavy atom. The van der Waals surface area contributed by atoms with Crippen LogP contribution < -0.4 is 5.56 Å². The van der Waals surface area contributed by atoms with E-state index in [-0.39, 0.29) is 23.9 Å². The number of benzene rings is 1. The summed E-state index contributed by atoms with van der Waals surface area (Å²) in [6.45, 7) is 1.08. The Labute approximate surface area is 177 Å². The number of nitrogens with zero attached hydrogens (tertiary/aromatic N) is 4. The lowest BCUT2D eigenvalue weighted by atomic mass is 10.0. The molecule has 1 aliphatic heterocycles. The summed E-state index contributed by atoms with van der Waals surface area (Å²) < 4.78 is 2.37. The molecule has 1 atom stereocenters. The van der Waals surface area contributed by atoms with Gasteiger partial charge in [0.1, 0.15) is 0 Å². The van der Waals surface area contributed by atoms with Crippen LogP contribution in [-0.2, 0) is 11.3 Å². The van der Waals surface area contributed by atoms with Gasteiger partial charge in [0.2, 0.25) is 5.91 Å². The molecule has 150 valence electrons. The summed E-state index contributed by atoms with van der Waals surface area (Å²) in [5.41, 5.74) is 1.67. The molecule has 1 unspecified atom stereocenters. The summed E-state index contributed by atoms with van der Waals surface area (Å²) in [5, 5.41) is 0.554. The number of likely N-dealkylation sites (tertiary alicyclic amines) is 1. The van der Waals surface area contributed by atoms with Crippen molar-refractivity contribution in [1.29, 1.82) is 0 Å². The lowest BCUT2D eigenvalue weighted by Gasteiger charge is -2.30. The first-order valence-electron chi connectivity index (χ1n) is 9.97. The first kappa shape index (κ1) is 19.8. The van der Waals surface area contributed by atoms with E-state index in [1.165, 1.54) is 10.9 Å². The van der Waals surface area contributed by atoms with Crippen molar-refractivity contribution in [1.82, 2.24) is 19.4 Å². The Hall–Kier alpha value is -2.54. The van der Waals surface area contributed by atoms with Gasteiger partial charge in [-0.25, -0.2) is 4.98 Å². The third-order valence-electron chi connectivity index (χ3n) is 5.52. The zero-order chi connectivity index (χ0) is 20.2. The maximum atomic E-state index is 13.1. The minimum Gasteiger partial charge on any atom is -0.336 e. The molecule has 0 bridgehead atoms. The van der Waals surface area contributed by atoms with Crippen LogP contribution in [0.25, 0.3) is 10.9 Å². The highest BCUT2D eigenvalue weighted by molar-refractivity contribution is 9.10. The topological polar surface area (TPSA) is 68.1 Å². The van der Waals surface area contributed by atoms with Crippen LogP contribution in [0.15, 0.2) is 58.3 Å². The zero-order valence-electron chi connectivity index (χ0n) is 16.1. The van der Waals surface area contributed by atoms with Crippen LogP contribution in [-0.4, -0.2) is 31.9 Å². The van der Waals surface area contributed by atoms with Crippen molar-refractivity contribution in [2.24, 2.45) is 0 Å². The van der Waals surface area contributed by atoms with Gasteiger partial charge in [0.15, 0.2) is 0 Å². The number of halogens is 1. The molecule has 1 aromatic carbocycles. The number of pyridine rings is 1. The molecule has 7 heteroatoms. The Bertz CT molecular complexity index is 1070. The predicted octanol–water partition coefficient (Wildman–Crippen LogP) is 4.09. The number of hydrogen-bond donors (Lipinski definition) is 0. The van der Waals surface area contributed by atoms with Crippen molar-refractivity contribution in [3.05, 3.63) is 69.4 Å². The Morgan fingerprint density at radius 1 is 1.14 bits per heavy atom. The van der Waals surface area contributed by atoms with E-state index in [9.17, 15) is 9.59 Å². The number of fused-ring (bicyclic) bond motifs is 1. The highest BCUT2D eigenvalue weighted by atomic mass is 79.9. The van der Waals surface area contributed by atoms with E-state index >= 15 is 0 Å². The van der Waals surface area contributed by atoms with Gasteiger partial charge in [-0.1, -0.05) is 28.8 Å². The summed E-state index contributed by atoms with van der Waals surface area (Å²) in [4.78, 5) is 36.3. The molecular formula is C22H23BrN4O2. The summed E-state index contributed by atoms with van der Waals surface area (Å²) in [6.07, 6.45) is 9.59. The van der Waals surface area contributed by atoms with Crippen LogP contribution in [0.3, 0.4) is 0 Å². The highest BCUT2D eigenvalue weighted by Gasteiger charge is 2.26. The average molecular weight is 455 g/mol. The van der Waals surface area contributed by atoms with E-state index in [4.69, 9.17) is 0 Å². The molecule has 6 nitrogen and oxygen atoms in total. The van der Waals surface area contributed by atoms with Crippen molar-refractivity contribution in [3.8, 4) is 0 Å². The van der Waals surface area contributed by atoms with Crippen molar-refractivity contribution in [2.75, 3.05) is 6.54 Å². The maximum Gasteiger partial charge on any atom is 0.261 e. The van der Waals surface area contributed by atoms with Crippen molar-refractivity contribution in [2.45, 2.75) is 44.7 Å². The lowest BCUT2D eigenvalue weighted by molar-refractivity contribution is -0.133. The second-order valence-corrected chi connectivity index (χ2v) is 8.30. The molecule has 4 rings (SSSR count). The van der Waals surface area contributed by atoms with Crippen LogP contribution in [0.2, 0.25) is 0 Å². The second kappa shape index (κ2) is 8.86. The normalized spacial score (nSPS) is 17.3. The molecular weight excluding hydrogens is 432 g/mol. The fourth-order valence-corrected chi connectivity index (χ4v) is 4.35. The van der Waals surface area contributed by atoms with Gasteiger partial charge in [-0.2, -0.15) is 0 Å². The highest BCUT2D eigenvalue weighted by Crippen LogP contribution is 2.30. The molecule has 0 N–H and O–H groups in total. The number of aryl methyl sites for hydroxylation is 1. The van der Waals surface area contributed by atoms with Crippen LogP contribution in [0.5, 0.6) is 0 Å². The lowest BCUT2D eigenvalue weighted by Crippen LogP contribution is -2.36. The molecule has 29 heavy (non-hydrogen) atoms. The number of rotatable bonds is 4. The molecule has 3 heterocycles. The van der Waals surface area contributed by atoms with Gasteiger partial charge in [0.25, 0.3) is 5.56 Å². The smallest absolute Gasteiger partial charge is 0.261 e. The molecule has 0 spiro atoms. The largest absolute Gasteiger partial charge is 0.336 e. The Kier molecular flexibility index (Phi) is 6.04. The molecule has 1 amide bonds. The quantitative estimate of drug-likeness (QED) is 0.595. The molecule has 1 saturated heterocycles. The van der Waals surface area contributed by atoms with Crippen molar-refractivity contribution >= 4 is 32.7 Å². The van der Waals surface area contributed by atoms with E-state index in [1.54, 1.807) is 18.5 Å². The molecule has 1 fully saturated rings. The number of aromatic nitrogens is 3. The van der Waals surface area contributed by atoms with E-state index in [0.29, 0.717) is 17.4 Å². The van der Waals surface area contributed by atoms with Crippen LogP contribution in [0, 0.1) is 0 Å². The number of carbonyl (C=O) groups excluding carboxylic acids is 1. The SMILES string of the molecule is O=C(CCn1cnc2ccc(Br)cc2c1=O)N1CCCCCC1c1ccncc1. The van der Waals surface area contributed by atoms with Gasteiger partial charge >= 0.3 is 0 Å². The minimum absolute atomic E-state index is 0.0787. The molecule has 0 radical (unpaired) electrons.